The van der Waals surface area contributed by atoms with Crippen LogP contribution in [-0.4, -0.2) is 22.4 Å². The fourth-order valence-electron chi connectivity index (χ4n) is 2.35. The highest BCUT2D eigenvalue weighted by molar-refractivity contribution is 7.18. The average molecular weight is 362 g/mol. The SMILES string of the molecule is CCCCNc1ccc(C(C)C)c(C(=O)Nc2ncc([N+](=O)[O-])s2)c1. The van der Waals surface area contributed by atoms with Gasteiger partial charge in [-0.15, -0.1) is 0 Å². The highest BCUT2D eigenvalue weighted by Crippen LogP contribution is 2.28. The van der Waals surface area contributed by atoms with Gasteiger partial charge in [0.2, 0.25) is 0 Å². The third-order valence-corrected chi connectivity index (χ3v) is 4.54. The van der Waals surface area contributed by atoms with Gasteiger partial charge in [0.1, 0.15) is 6.20 Å². The summed E-state index contributed by atoms with van der Waals surface area (Å²) in [5, 5.41) is 16.8. The maximum Gasteiger partial charge on any atom is 0.345 e. The van der Waals surface area contributed by atoms with Crippen LogP contribution in [-0.2, 0) is 0 Å². The van der Waals surface area contributed by atoms with E-state index in [0.717, 1.165) is 48.2 Å². The Morgan fingerprint density at radius 2 is 2.16 bits per heavy atom. The number of hydrogen-bond donors (Lipinski definition) is 2. The first-order chi connectivity index (χ1) is 11.9. The van der Waals surface area contributed by atoms with Crippen molar-refractivity contribution in [2.45, 2.75) is 39.5 Å². The molecule has 25 heavy (non-hydrogen) atoms. The van der Waals surface area contributed by atoms with Gasteiger partial charge in [0.05, 0.1) is 4.92 Å². The van der Waals surface area contributed by atoms with Crippen LogP contribution in [0.1, 0.15) is 55.5 Å². The van der Waals surface area contributed by atoms with E-state index in [1.807, 2.05) is 32.0 Å². The normalized spacial score (nSPS) is 10.7. The van der Waals surface area contributed by atoms with Crippen molar-refractivity contribution in [2.75, 3.05) is 17.2 Å². The van der Waals surface area contributed by atoms with Crippen LogP contribution in [0.4, 0.5) is 15.8 Å². The topological polar surface area (TPSA) is 97.2 Å². The van der Waals surface area contributed by atoms with Crippen LogP contribution in [0.3, 0.4) is 0 Å². The number of carbonyl (C=O) groups is 1. The molecule has 1 amide bonds. The second-order valence-corrected chi connectivity index (χ2v) is 6.96. The Bertz CT molecular complexity index is 758. The van der Waals surface area contributed by atoms with Crippen LogP contribution in [0.25, 0.3) is 0 Å². The van der Waals surface area contributed by atoms with Crippen molar-refractivity contribution in [1.29, 1.82) is 0 Å². The van der Waals surface area contributed by atoms with E-state index in [2.05, 4.69) is 22.5 Å². The zero-order chi connectivity index (χ0) is 18.4. The number of rotatable bonds is 8. The first-order valence-corrected chi connectivity index (χ1v) is 9.03. The standard InChI is InChI=1S/C17H22N4O3S/c1-4-5-8-18-12-6-7-13(11(2)3)14(9-12)16(22)20-17-19-10-15(25-17)21(23)24/h6-7,9-11,18H,4-5,8H2,1-3H3,(H,19,20,22). The molecule has 0 aliphatic carbocycles. The molecule has 1 heterocycles. The molecular formula is C17H22N4O3S. The fraction of sp³-hybridized carbons (Fsp3) is 0.412. The molecule has 1 aromatic carbocycles. The minimum Gasteiger partial charge on any atom is -0.385 e. The summed E-state index contributed by atoms with van der Waals surface area (Å²) in [5.41, 5.74) is 2.35. The Hall–Kier alpha value is -2.48. The number of benzene rings is 1. The Labute approximate surface area is 150 Å². The molecule has 0 aliphatic rings. The lowest BCUT2D eigenvalue weighted by molar-refractivity contribution is -0.380. The molecule has 2 N–H and O–H groups in total. The molecule has 0 atom stereocenters. The van der Waals surface area contributed by atoms with E-state index in [1.165, 1.54) is 0 Å². The van der Waals surface area contributed by atoms with E-state index in [0.29, 0.717) is 5.56 Å². The van der Waals surface area contributed by atoms with E-state index < -0.39 is 4.92 Å². The summed E-state index contributed by atoms with van der Waals surface area (Å²) < 4.78 is 0. The van der Waals surface area contributed by atoms with Crippen LogP contribution in [0.15, 0.2) is 24.4 Å². The third kappa shape index (κ3) is 4.99. The van der Waals surface area contributed by atoms with Crippen LogP contribution in [0, 0.1) is 10.1 Å². The molecular weight excluding hydrogens is 340 g/mol. The van der Waals surface area contributed by atoms with Crippen molar-refractivity contribution in [1.82, 2.24) is 4.98 Å². The number of nitrogens with one attached hydrogen (secondary N) is 2. The largest absolute Gasteiger partial charge is 0.385 e. The van der Waals surface area contributed by atoms with Crippen LogP contribution >= 0.6 is 11.3 Å². The van der Waals surface area contributed by atoms with Gasteiger partial charge in [-0.05, 0) is 41.4 Å². The monoisotopic (exact) mass is 362 g/mol. The molecule has 0 radical (unpaired) electrons. The predicted molar refractivity (Wildman–Crippen MR) is 101 cm³/mol. The summed E-state index contributed by atoms with van der Waals surface area (Å²) >= 11 is 0.842. The lowest BCUT2D eigenvalue weighted by Crippen LogP contribution is -2.15. The molecule has 0 saturated carbocycles. The van der Waals surface area contributed by atoms with E-state index in [-0.39, 0.29) is 22.0 Å². The molecule has 0 aliphatic heterocycles. The predicted octanol–water partition coefficient (Wildman–Crippen LogP) is 4.64. The lowest BCUT2D eigenvalue weighted by atomic mass is 9.96. The summed E-state index contributed by atoms with van der Waals surface area (Å²) in [6.45, 7) is 7.00. The summed E-state index contributed by atoms with van der Waals surface area (Å²) in [4.78, 5) is 26.8. The van der Waals surface area contributed by atoms with Gasteiger partial charge in [-0.2, -0.15) is 0 Å². The molecule has 7 nitrogen and oxygen atoms in total. The zero-order valence-corrected chi connectivity index (χ0v) is 15.4. The quantitative estimate of drug-likeness (QED) is 0.405. The smallest absolute Gasteiger partial charge is 0.345 e. The number of amides is 1. The number of hydrogen-bond acceptors (Lipinski definition) is 6. The van der Waals surface area contributed by atoms with Crippen molar-refractivity contribution in [3.8, 4) is 0 Å². The first-order valence-electron chi connectivity index (χ1n) is 8.21. The molecule has 8 heteroatoms. The number of nitrogens with zero attached hydrogens (tertiary/aromatic N) is 2. The third-order valence-electron chi connectivity index (χ3n) is 3.67. The molecule has 0 spiro atoms. The van der Waals surface area contributed by atoms with Gasteiger partial charge in [0.15, 0.2) is 5.13 Å². The fourth-order valence-corrected chi connectivity index (χ4v) is 2.98. The number of anilines is 2. The summed E-state index contributed by atoms with van der Waals surface area (Å²) in [5.74, 6) is -0.136. The number of aromatic nitrogens is 1. The van der Waals surface area contributed by atoms with Gasteiger partial charge in [0.25, 0.3) is 5.91 Å². The highest BCUT2D eigenvalue weighted by atomic mass is 32.1. The summed E-state index contributed by atoms with van der Waals surface area (Å²) in [6.07, 6.45) is 3.29. The van der Waals surface area contributed by atoms with Gasteiger partial charge in [-0.25, -0.2) is 4.98 Å². The minimum atomic E-state index is -0.523. The number of unbranched alkanes of at least 4 members (excludes halogenated alkanes) is 1. The first kappa shape index (κ1) is 18.9. The van der Waals surface area contributed by atoms with Gasteiger partial charge in [-0.1, -0.05) is 33.3 Å². The van der Waals surface area contributed by atoms with Gasteiger partial charge < -0.3 is 5.32 Å². The van der Waals surface area contributed by atoms with Crippen molar-refractivity contribution < 1.29 is 9.72 Å². The maximum atomic E-state index is 12.7. The highest BCUT2D eigenvalue weighted by Gasteiger charge is 2.18. The van der Waals surface area contributed by atoms with E-state index in [9.17, 15) is 14.9 Å². The second-order valence-electron chi connectivity index (χ2n) is 5.95. The summed E-state index contributed by atoms with van der Waals surface area (Å²) in [6, 6.07) is 5.73. The molecule has 134 valence electrons. The molecule has 0 unspecified atom stereocenters. The lowest BCUT2D eigenvalue weighted by Gasteiger charge is -2.15. The van der Waals surface area contributed by atoms with E-state index in [1.54, 1.807) is 0 Å². The zero-order valence-electron chi connectivity index (χ0n) is 14.5. The Kier molecular flexibility index (Phi) is 6.46. The molecule has 0 fully saturated rings. The van der Waals surface area contributed by atoms with Crippen LogP contribution in [0.2, 0.25) is 0 Å². The number of carbonyl (C=O) groups excluding carboxylic acids is 1. The number of nitro groups is 1. The Balaban J connectivity index is 2.22. The molecule has 2 rings (SSSR count). The molecule has 2 aromatic rings. The second kappa shape index (κ2) is 8.57. The van der Waals surface area contributed by atoms with Gasteiger partial charge in [0, 0.05) is 17.8 Å². The van der Waals surface area contributed by atoms with E-state index in [4.69, 9.17) is 0 Å². The summed E-state index contributed by atoms with van der Waals surface area (Å²) in [7, 11) is 0. The van der Waals surface area contributed by atoms with Crippen molar-refractivity contribution in [3.05, 3.63) is 45.6 Å². The van der Waals surface area contributed by atoms with Crippen molar-refractivity contribution >= 4 is 33.1 Å². The number of thiazole rings is 1. The minimum absolute atomic E-state index is 0.102. The van der Waals surface area contributed by atoms with E-state index >= 15 is 0 Å². The molecule has 1 aromatic heterocycles. The molecule has 0 bridgehead atoms. The van der Waals surface area contributed by atoms with Crippen molar-refractivity contribution in [3.63, 3.8) is 0 Å². The van der Waals surface area contributed by atoms with Gasteiger partial charge >= 0.3 is 5.00 Å². The molecule has 0 saturated heterocycles. The van der Waals surface area contributed by atoms with Crippen molar-refractivity contribution in [2.24, 2.45) is 0 Å². The van der Waals surface area contributed by atoms with Crippen LogP contribution < -0.4 is 10.6 Å². The van der Waals surface area contributed by atoms with Crippen LogP contribution in [0.5, 0.6) is 0 Å². The Morgan fingerprint density at radius 3 is 2.76 bits per heavy atom. The van der Waals surface area contributed by atoms with Gasteiger partial charge in [-0.3, -0.25) is 20.2 Å². The maximum absolute atomic E-state index is 12.7. The Morgan fingerprint density at radius 1 is 1.40 bits per heavy atom. The average Bonchev–Trinajstić information content (AvgIpc) is 3.03.